The normalized spacial score (nSPS) is 11.5. The number of hydrogen-bond acceptors (Lipinski definition) is 5. The van der Waals surface area contributed by atoms with Gasteiger partial charge in [0.2, 0.25) is 0 Å². The number of nitrogens with zero attached hydrogens (tertiary/aromatic N) is 3. The van der Waals surface area contributed by atoms with Gasteiger partial charge in [0.15, 0.2) is 0 Å². The Hall–Kier alpha value is -4.26. The molecule has 0 unspecified atom stereocenters. The lowest BCUT2D eigenvalue weighted by Gasteiger charge is -2.16. The quantitative estimate of drug-likeness (QED) is 0.458. The minimum atomic E-state index is -0.836. The highest BCUT2D eigenvalue weighted by Gasteiger charge is 2.26. The summed E-state index contributed by atoms with van der Waals surface area (Å²) in [4.78, 5) is 29.9. The van der Waals surface area contributed by atoms with E-state index in [0.717, 1.165) is 11.3 Å². The zero-order chi connectivity index (χ0) is 22.3. The van der Waals surface area contributed by atoms with E-state index in [1.54, 1.807) is 29.3 Å². The van der Waals surface area contributed by atoms with Crippen LogP contribution < -0.4 is 5.32 Å². The van der Waals surface area contributed by atoms with E-state index in [9.17, 15) is 9.59 Å². The number of para-hydroxylation sites is 1. The average molecular weight is 426 g/mol. The van der Waals surface area contributed by atoms with Crippen LogP contribution in [0, 0.1) is 0 Å². The molecule has 0 spiro atoms. The number of esters is 1. The van der Waals surface area contributed by atoms with E-state index in [2.05, 4.69) is 15.4 Å². The van der Waals surface area contributed by atoms with Gasteiger partial charge in [0, 0.05) is 30.6 Å². The Morgan fingerprint density at radius 2 is 1.72 bits per heavy atom. The molecular formula is C25H22N4O3. The molecule has 160 valence electrons. The van der Waals surface area contributed by atoms with Gasteiger partial charge in [-0.25, -0.2) is 9.48 Å². The molecular weight excluding hydrogens is 404 g/mol. The summed E-state index contributed by atoms with van der Waals surface area (Å²) in [6, 6.07) is 21.7. The molecule has 1 N–H and O–H groups in total. The lowest BCUT2D eigenvalue weighted by Crippen LogP contribution is -2.43. The summed E-state index contributed by atoms with van der Waals surface area (Å²) in [5.41, 5.74) is 3.23. The molecule has 4 rings (SSSR count). The van der Waals surface area contributed by atoms with Crippen LogP contribution in [0.4, 0.5) is 0 Å². The maximum Gasteiger partial charge on any atom is 0.328 e. The highest BCUT2D eigenvalue weighted by atomic mass is 16.5. The molecule has 7 heteroatoms. The number of carbonyl (C=O) groups is 2. The van der Waals surface area contributed by atoms with E-state index < -0.39 is 17.9 Å². The number of pyridine rings is 1. The van der Waals surface area contributed by atoms with Crippen LogP contribution in [-0.4, -0.2) is 39.8 Å². The standard InChI is InChI=1S/C25H22N4O3/c1-32-25(31)22(15-18-9-4-2-5-10-18)27-24(30)21-17-29(20-12-6-3-7-13-20)28-23(21)19-11-8-14-26-16-19/h2-14,16-17,22H,15H2,1H3,(H,27,30)/t22-/m1/s1. The molecule has 32 heavy (non-hydrogen) atoms. The van der Waals surface area contributed by atoms with Gasteiger partial charge in [0.1, 0.15) is 11.7 Å². The summed E-state index contributed by atoms with van der Waals surface area (Å²) < 4.78 is 6.57. The van der Waals surface area contributed by atoms with Crippen molar-refractivity contribution in [2.24, 2.45) is 0 Å². The van der Waals surface area contributed by atoms with Gasteiger partial charge in [-0.3, -0.25) is 9.78 Å². The zero-order valence-corrected chi connectivity index (χ0v) is 17.5. The Bertz CT molecular complexity index is 1190. The lowest BCUT2D eigenvalue weighted by atomic mass is 10.0. The minimum Gasteiger partial charge on any atom is -0.467 e. The van der Waals surface area contributed by atoms with Gasteiger partial charge < -0.3 is 10.1 Å². The molecule has 1 amide bonds. The van der Waals surface area contributed by atoms with Crippen molar-refractivity contribution in [3.8, 4) is 16.9 Å². The van der Waals surface area contributed by atoms with E-state index in [1.165, 1.54) is 7.11 Å². The van der Waals surface area contributed by atoms with E-state index in [1.807, 2.05) is 66.7 Å². The number of carbonyl (C=O) groups excluding carboxylic acids is 2. The second-order valence-electron chi connectivity index (χ2n) is 7.15. The smallest absolute Gasteiger partial charge is 0.328 e. The van der Waals surface area contributed by atoms with Crippen molar-refractivity contribution in [3.05, 3.63) is 103 Å². The molecule has 4 aromatic rings. The number of nitrogens with one attached hydrogen (secondary N) is 1. The SMILES string of the molecule is COC(=O)[C@@H](Cc1ccccc1)NC(=O)c1cn(-c2ccccc2)nc1-c1cccnc1. The third-order valence-corrected chi connectivity index (χ3v) is 4.99. The number of hydrogen-bond donors (Lipinski definition) is 1. The van der Waals surface area contributed by atoms with Crippen molar-refractivity contribution in [3.63, 3.8) is 0 Å². The summed E-state index contributed by atoms with van der Waals surface area (Å²) in [5, 5.41) is 7.45. The summed E-state index contributed by atoms with van der Waals surface area (Å²) in [6.07, 6.45) is 5.28. The van der Waals surface area contributed by atoms with Gasteiger partial charge in [0.05, 0.1) is 18.4 Å². The topological polar surface area (TPSA) is 86.1 Å². The zero-order valence-electron chi connectivity index (χ0n) is 17.5. The predicted octanol–water partition coefficient (Wildman–Crippen LogP) is 3.45. The van der Waals surface area contributed by atoms with Gasteiger partial charge in [-0.15, -0.1) is 0 Å². The van der Waals surface area contributed by atoms with E-state index in [0.29, 0.717) is 23.2 Å². The van der Waals surface area contributed by atoms with Crippen LogP contribution in [0.2, 0.25) is 0 Å². The number of methoxy groups -OCH3 is 1. The van der Waals surface area contributed by atoms with E-state index in [4.69, 9.17) is 4.74 Å². The number of ether oxygens (including phenoxy) is 1. The van der Waals surface area contributed by atoms with Crippen LogP contribution in [0.1, 0.15) is 15.9 Å². The van der Waals surface area contributed by atoms with Crippen molar-refractivity contribution in [2.45, 2.75) is 12.5 Å². The third kappa shape index (κ3) is 4.73. The number of benzene rings is 2. The Balaban J connectivity index is 1.68. The number of rotatable bonds is 7. The summed E-state index contributed by atoms with van der Waals surface area (Å²) >= 11 is 0. The van der Waals surface area contributed by atoms with Gasteiger partial charge in [-0.1, -0.05) is 48.5 Å². The molecule has 0 aliphatic rings. The summed E-state index contributed by atoms with van der Waals surface area (Å²) in [5.74, 6) is -0.932. The number of aromatic nitrogens is 3. The van der Waals surface area contributed by atoms with Crippen LogP contribution in [0.15, 0.2) is 91.4 Å². The molecule has 7 nitrogen and oxygen atoms in total. The van der Waals surface area contributed by atoms with Gasteiger partial charge in [-0.05, 0) is 29.8 Å². The highest BCUT2D eigenvalue weighted by molar-refractivity contribution is 6.01. The van der Waals surface area contributed by atoms with E-state index in [-0.39, 0.29) is 0 Å². The van der Waals surface area contributed by atoms with Gasteiger partial charge >= 0.3 is 5.97 Å². The van der Waals surface area contributed by atoms with Gasteiger partial charge in [0.25, 0.3) is 5.91 Å². The minimum absolute atomic E-state index is 0.314. The second kappa shape index (κ2) is 9.70. The average Bonchev–Trinajstić information content (AvgIpc) is 3.31. The molecule has 0 saturated heterocycles. The fourth-order valence-corrected chi connectivity index (χ4v) is 3.39. The first-order valence-corrected chi connectivity index (χ1v) is 10.1. The van der Waals surface area contributed by atoms with Crippen molar-refractivity contribution < 1.29 is 14.3 Å². The maximum atomic E-state index is 13.3. The Morgan fingerprint density at radius 3 is 2.38 bits per heavy atom. The second-order valence-corrected chi connectivity index (χ2v) is 7.15. The summed E-state index contributed by atoms with van der Waals surface area (Å²) in [7, 11) is 1.31. The first-order valence-electron chi connectivity index (χ1n) is 10.1. The molecule has 0 saturated carbocycles. The number of amides is 1. The maximum absolute atomic E-state index is 13.3. The first kappa shape index (κ1) is 21.0. The van der Waals surface area contributed by atoms with Crippen molar-refractivity contribution in [1.82, 2.24) is 20.1 Å². The predicted molar refractivity (Wildman–Crippen MR) is 120 cm³/mol. The molecule has 0 bridgehead atoms. The van der Waals surface area contributed by atoms with Crippen molar-refractivity contribution in [1.29, 1.82) is 0 Å². The monoisotopic (exact) mass is 426 g/mol. The first-order chi connectivity index (χ1) is 15.7. The molecule has 2 aromatic heterocycles. The van der Waals surface area contributed by atoms with Crippen LogP contribution in [0.5, 0.6) is 0 Å². The Morgan fingerprint density at radius 1 is 1.00 bits per heavy atom. The van der Waals surface area contributed by atoms with E-state index >= 15 is 0 Å². The molecule has 0 aliphatic carbocycles. The van der Waals surface area contributed by atoms with Gasteiger partial charge in [-0.2, -0.15) is 5.10 Å². The molecule has 0 aliphatic heterocycles. The van der Waals surface area contributed by atoms with Crippen LogP contribution in [0.3, 0.4) is 0 Å². The molecule has 0 fully saturated rings. The van der Waals surface area contributed by atoms with Crippen molar-refractivity contribution >= 4 is 11.9 Å². The molecule has 2 aromatic carbocycles. The summed E-state index contributed by atoms with van der Waals surface area (Å²) in [6.45, 7) is 0. The van der Waals surface area contributed by atoms with Crippen molar-refractivity contribution in [2.75, 3.05) is 7.11 Å². The highest BCUT2D eigenvalue weighted by Crippen LogP contribution is 2.23. The molecule has 1 atom stereocenters. The van der Waals surface area contributed by atoms with Crippen LogP contribution >= 0.6 is 0 Å². The largest absolute Gasteiger partial charge is 0.467 e. The third-order valence-electron chi connectivity index (χ3n) is 4.99. The van der Waals surface area contributed by atoms with Crippen LogP contribution in [-0.2, 0) is 16.0 Å². The Kier molecular flexibility index (Phi) is 6.36. The van der Waals surface area contributed by atoms with Crippen LogP contribution in [0.25, 0.3) is 16.9 Å². The fourth-order valence-electron chi connectivity index (χ4n) is 3.39. The molecule has 0 radical (unpaired) electrons. The molecule has 2 heterocycles. The fraction of sp³-hybridized carbons (Fsp3) is 0.120. The Labute approximate surface area is 185 Å². The lowest BCUT2D eigenvalue weighted by molar-refractivity contribution is -0.142.